The molecule has 3 heterocycles. The van der Waals surface area contributed by atoms with E-state index in [0.717, 1.165) is 24.9 Å². The van der Waals surface area contributed by atoms with Crippen molar-refractivity contribution in [2.45, 2.75) is 38.5 Å². The van der Waals surface area contributed by atoms with Crippen molar-refractivity contribution in [2.24, 2.45) is 0 Å². The molecule has 0 saturated carbocycles. The van der Waals surface area contributed by atoms with Crippen LogP contribution in [0.1, 0.15) is 24.8 Å². The Morgan fingerprint density at radius 3 is 3.17 bits per heavy atom. The van der Waals surface area contributed by atoms with E-state index in [4.69, 9.17) is 4.74 Å². The van der Waals surface area contributed by atoms with Crippen molar-refractivity contribution in [3.05, 3.63) is 36.4 Å². The lowest BCUT2D eigenvalue weighted by atomic mass is 10.1. The molecule has 1 atom stereocenters. The topological polar surface area (TPSA) is 86.0 Å². The Balaban J connectivity index is 1.44. The van der Waals surface area contributed by atoms with E-state index in [1.807, 2.05) is 17.0 Å². The second-order valence-electron chi connectivity index (χ2n) is 5.60. The Morgan fingerprint density at radius 1 is 1.43 bits per heavy atom. The van der Waals surface area contributed by atoms with Gasteiger partial charge in [-0.15, -0.1) is 5.10 Å². The van der Waals surface area contributed by atoms with E-state index in [2.05, 4.69) is 20.5 Å². The summed E-state index contributed by atoms with van der Waals surface area (Å²) in [4.78, 5) is 18.2. The molecule has 0 spiro atoms. The number of aryl methyl sites for hydroxylation is 1. The summed E-state index contributed by atoms with van der Waals surface area (Å²) in [6.07, 6.45) is 7.50. The molecule has 0 bridgehead atoms. The zero-order valence-electron chi connectivity index (χ0n) is 12.9. The molecule has 1 unspecified atom stereocenters. The molecule has 2 aromatic rings. The quantitative estimate of drug-likeness (QED) is 0.778. The first kappa shape index (κ1) is 15.5. The van der Waals surface area contributed by atoms with Crippen molar-refractivity contribution in [2.75, 3.05) is 13.1 Å². The third kappa shape index (κ3) is 4.56. The number of ether oxygens (including phenoxy) is 1. The predicted molar refractivity (Wildman–Crippen MR) is 81.1 cm³/mol. The Morgan fingerprint density at radius 2 is 2.39 bits per heavy atom. The number of aromatic nitrogens is 5. The molecular formula is C15H20N6O2. The molecular weight excluding hydrogens is 296 g/mol. The molecule has 1 fully saturated rings. The van der Waals surface area contributed by atoms with E-state index < -0.39 is 0 Å². The Hall–Kier alpha value is -2.35. The number of amides is 1. The molecule has 122 valence electrons. The summed E-state index contributed by atoms with van der Waals surface area (Å²) in [6.45, 7) is 2.48. The molecule has 23 heavy (non-hydrogen) atoms. The first-order valence-electron chi connectivity index (χ1n) is 7.80. The van der Waals surface area contributed by atoms with Gasteiger partial charge in [-0.1, -0.05) is 6.07 Å². The first-order valence-corrected chi connectivity index (χ1v) is 7.80. The number of hydrogen-bond acceptors (Lipinski definition) is 6. The van der Waals surface area contributed by atoms with Crippen LogP contribution < -0.4 is 0 Å². The largest absolute Gasteiger partial charge is 0.372 e. The van der Waals surface area contributed by atoms with Crippen LogP contribution in [0.3, 0.4) is 0 Å². The van der Waals surface area contributed by atoms with Crippen LogP contribution in [-0.4, -0.2) is 55.2 Å². The van der Waals surface area contributed by atoms with Crippen LogP contribution in [0.25, 0.3) is 0 Å². The van der Waals surface area contributed by atoms with Crippen LogP contribution in [0, 0.1) is 0 Å². The normalized spacial score (nSPS) is 18.1. The highest BCUT2D eigenvalue weighted by Gasteiger charge is 2.24. The van der Waals surface area contributed by atoms with Crippen LogP contribution in [0.5, 0.6) is 0 Å². The van der Waals surface area contributed by atoms with Gasteiger partial charge in [0.15, 0.2) is 0 Å². The summed E-state index contributed by atoms with van der Waals surface area (Å²) in [5.41, 5.74) is 1.05. The van der Waals surface area contributed by atoms with Crippen molar-refractivity contribution in [3.63, 3.8) is 0 Å². The van der Waals surface area contributed by atoms with Gasteiger partial charge in [-0.05, 0) is 34.9 Å². The minimum atomic E-state index is 0.0842. The van der Waals surface area contributed by atoms with Gasteiger partial charge in [0, 0.05) is 31.9 Å². The van der Waals surface area contributed by atoms with Crippen LogP contribution in [0.15, 0.2) is 30.9 Å². The van der Waals surface area contributed by atoms with E-state index in [0.29, 0.717) is 26.1 Å². The maximum absolute atomic E-state index is 12.3. The zero-order valence-corrected chi connectivity index (χ0v) is 12.9. The van der Waals surface area contributed by atoms with E-state index in [1.54, 1.807) is 17.1 Å². The average molecular weight is 316 g/mol. The van der Waals surface area contributed by atoms with E-state index in [-0.39, 0.29) is 12.0 Å². The monoisotopic (exact) mass is 316 g/mol. The molecule has 0 aliphatic carbocycles. The molecule has 0 radical (unpaired) electrons. The number of carbonyl (C=O) groups is 1. The minimum Gasteiger partial charge on any atom is -0.372 e. The fraction of sp³-hybridized carbons (Fsp3) is 0.533. The number of tetrazole rings is 1. The number of pyridine rings is 1. The van der Waals surface area contributed by atoms with Crippen molar-refractivity contribution in [3.8, 4) is 0 Å². The fourth-order valence-corrected chi connectivity index (χ4v) is 2.65. The highest BCUT2D eigenvalue weighted by molar-refractivity contribution is 5.76. The number of nitrogens with zero attached hydrogens (tertiary/aromatic N) is 6. The molecule has 0 aromatic carbocycles. The van der Waals surface area contributed by atoms with Crippen LogP contribution >= 0.6 is 0 Å². The summed E-state index contributed by atoms with van der Waals surface area (Å²) >= 11 is 0. The van der Waals surface area contributed by atoms with Gasteiger partial charge >= 0.3 is 0 Å². The van der Waals surface area contributed by atoms with Gasteiger partial charge in [0.1, 0.15) is 6.33 Å². The highest BCUT2D eigenvalue weighted by atomic mass is 16.5. The molecule has 8 nitrogen and oxygen atoms in total. The molecule has 8 heteroatoms. The lowest BCUT2D eigenvalue weighted by Gasteiger charge is -2.32. The third-order valence-corrected chi connectivity index (χ3v) is 3.89. The summed E-state index contributed by atoms with van der Waals surface area (Å²) in [5, 5.41) is 10.9. The van der Waals surface area contributed by atoms with Gasteiger partial charge in [-0.3, -0.25) is 9.78 Å². The maximum atomic E-state index is 12.3. The first-order chi connectivity index (χ1) is 11.3. The van der Waals surface area contributed by atoms with Crippen LogP contribution in [0.4, 0.5) is 0 Å². The molecule has 1 aliphatic rings. The molecule has 2 aromatic heterocycles. The second kappa shape index (κ2) is 7.77. The SMILES string of the molecule is O=C(CCn1cnnn1)N1CCCC(OCc2cccnc2)C1. The van der Waals surface area contributed by atoms with Gasteiger partial charge in [0.05, 0.1) is 19.3 Å². The number of carbonyl (C=O) groups excluding carboxylic acids is 1. The Bertz CT molecular complexity index is 604. The predicted octanol–water partition coefficient (Wildman–Crippen LogP) is 0.666. The molecule has 0 N–H and O–H groups in total. The summed E-state index contributed by atoms with van der Waals surface area (Å²) in [6, 6.07) is 3.89. The number of rotatable bonds is 6. The van der Waals surface area contributed by atoms with E-state index >= 15 is 0 Å². The van der Waals surface area contributed by atoms with Gasteiger partial charge in [0.2, 0.25) is 5.91 Å². The smallest absolute Gasteiger partial charge is 0.224 e. The van der Waals surface area contributed by atoms with E-state index in [1.165, 1.54) is 6.33 Å². The van der Waals surface area contributed by atoms with Crippen molar-refractivity contribution >= 4 is 5.91 Å². The maximum Gasteiger partial charge on any atom is 0.224 e. The highest BCUT2D eigenvalue weighted by Crippen LogP contribution is 2.16. The zero-order chi connectivity index (χ0) is 15.9. The summed E-state index contributed by atoms with van der Waals surface area (Å²) < 4.78 is 7.50. The summed E-state index contributed by atoms with van der Waals surface area (Å²) in [5.74, 6) is 0.121. The van der Waals surface area contributed by atoms with Crippen molar-refractivity contribution < 1.29 is 9.53 Å². The summed E-state index contributed by atoms with van der Waals surface area (Å²) in [7, 11) is 0. The average Bonchev–Trinajstić information content (AvgIpc) is 3.12. The minimum absolute atomic E-state index is 0.0842. The molecule has 1 amide bonds. The Kier molecular flexibility index (Phi) is 5.25. The van der Waals surface area contributed by atoms with Gasteiger partial charge in [-0.2, -0.15) is 0 Å². The number of likely N-dealkylation sites (tertiary alicyclic amines) is 1. The van der Waals surface area contributed by atoms with Crippen molar-refractivity contribution in [1.29, 1.82) is 0 Å². The van der Waals surface area contributed by atoms with E-state index in [9.17, 15) is 4.79 Å². The fourth-order valence-electron chi connectivity index (χ4n) is 2.65. The lowest BCUT2D eigenvalue weighted by Crippen LogP contribution is -2.43. The third-order valence-electron chi connectivity index (χ3n) is 3.89. The Labute approximate surface area is 134 Å². The van der Waals surface area contributed by atoms with Gasteiger partial charge in [0.25, 0.3) is 0 Å². The standard InChI is InChI=1S/C15H20N6O2/c22-15(5-8-21-12-17-18-19-21)20-7-2-4-14(10-20)23-11-13-3-1-6-16-9-13/h1,3,6,9,12,14H,2,4-5,7-8,10-11H2. The van der Waals surface area contributed by atoms with Crippen molar-refractivity contribution in [1.82, 2.24) is 30.1 Å². The molecule has 1 saturated heterocycles. The van der Waals surface area contributed by atoms with Crippen LogP contribution in [-0.2, 0) is 22.7 Å². The molecule has 1 aliphatic heterocycles. The number of piperidine rings is 1. The van der Waals surface area contributed by atoms with Crippen LogP contribution in [0.2, 0.25) is 0 Å². The lowest BCUT2D eigenvalue weighted by molar-refractivity contribution is -0.135. The van der Waals surface area contributed by atoms with Gasteiger partial charge in [-0.25, -0.2) is 4.68 Å². The van der Waals surface area contributed by atoms with Gasteiger partial charge < -0.3 is 9.64 Å². The second-order valence-corrected chi connectivity index (χ2v) is 5.60. The molecule has 3 rings (SSSR count). The number of hydrogen-bond donors (Lipinski definition) is 0.